The van der Waals surface area contributed by atoms with Gasteiger partial charge in [-0.2, -0.15) is 0 Å². The number of rotatable bonds is 11. The lowest BCUT2D eigenvalue weighted by Gasteiger charge is -2.33. The number of nitrogens with zero attached hydrogens (tertiary/aromatic N) is 1. The molecular weight excluding hydrogens is 533 g/mol. The number of thioether (sulfide) groups is 1. The third-order valence-corrected chi connectivity index (χ3v) is 7.85. The van der Waals surface area contributed by atoms with Gasteiger partial charge >= 0.3 is 0 Å². The van der Waals surface area contributed by atoms with Gasteiger partial charge in [0.15, 0.2) is 0 Å². The summed E-state index contributed by atoms with van der Waals surface area (Å²) in [6.45, 7) is 3.58. The van der Waals surface area contributed by atoms with Gasteiger partial charge in [-0.15, -0.1) is 36.6 Å². The molecule has 0 radical (unpaired) electrons. The predicted molar refractivity (Wildman–Crippen MR) is 155 cm³/mol. The standard InChI is InChI=1S/C29H34F2N2OS.2ClH/c30-25-10-6-23(7-11-25)29(24-8-12-26(31)13-9-24)35-19-16-32-27-14-17-33(18-15-27)21-28(34)20-22-4-2-1-3-5-22;;/h1-13,27-29,32,34H,14-21H2;2*1H. The van der Waals surface area contributed by atoms with E-state index in [0.29, 0.717) is 19.0 Å². The van der Waals surface area contributed by atoms with Gasteiger partial charge in [-0.1, -0.05) is 54.6 Å². The van der Waals surface area contributed by atoms with E-state index in [-0.39, 0.29) is 47.8 Å². The number of β-amino-alcohol motifs (C(OH)–C–C–N with tert-alkyl or cyclic N) is 1. The quantitative estimate of drug-likeness (QED) is 0.266. The lowest BCUT2D eigenvalue weighted by atomic mass is 10.0. The van der Waals surface area contributed by atoms with Crippen molar-refractivity contribution in [2.75, 3.05) is 31.9 Å². The van der Waals surface area contributed by atoms with Crippen LogP contribution in [0.25, 0.3) is 0 Å². The van der Waals surface area contributed by atoms with E-state index in [1.165, 1.54) is 29.8 Å². The Bertz CT molecular complexity index is 975. The SMILES string of the molecule is Cl.Cl.OC(Cc1ccccc1)CN1CCC(NCCSC(c2ccc(F)cc2)c2ccc(F)cc2)CC1. The zero-order valence-electron chi connectivity index (χ0n) is 20.8. The molecule has 1 saturated heterocycles. The lowest BCUT2D eigenvalue weighted by molar-refractivity contribution is 0.0944. The van der Waals surface area contributed by atoms with Crippen molar-refractivity contribution in [1.29, 1.82) is 0 Å². The molecule has 37 heavy (non-hydrogen) atoms. The molecule has 8 heteroatoms. The van der Waals surface area contributed by atoms with Crippen molar-refractivity contribution < 1.29 is 13.9 Å². The number of aliphatic hydroxyl groups is 1. The number of benzene rings is 3. The Morgan fingerprint density at radius 2 is 1.38 bits per heavy atom. The van der Waals surface area contributed by atoms with Crippen LogP contribution in [-0.4, -0.2) is 54.1 Å². The molecule has 0 saturated carbocycles. The molecule has 1 atom stereocenters. The summed E-state index contributed by atoms with van der Waals surface area (Å²) < 4.78 is 26.9. The normalized spacial score (nSPS) is 15.1. The molecule has 2 N–H and O–H groups in total. The minimum Gasteiger partial charge on any atom is -0.391 e. The maximum atomic E-state index is 13.4. The first-order chi connectivity index (χ1) is 17.1. The van der Waals surface area contributed by atoms with Gasteiger partial charge in [-0.05, 0) is 73.3 Å². The molecule has 1 heterocycles. The highest BCUT2D eigenvalue weighted by atomic mass is 35.5. The Labute approximate surface area is 235 Å². The molecule has 1 unspecified atom stereocenters. The maximum absolute atomic E-state index is 13.4. The summed E-state index contributed by atoms with van der Waals surface area (Å²) in [5, 5.41) is 14.2. The second-order valence-corrected chi connectivity index (χ2v) is 10.4. The van der Waals surface area contributed by atoms with Crippen molar-refractivity contribution >= 4 is 36.6 Å². The molecule has 0 aliphatic carbocycles. The summed E-state index contributed by atoms with van der Waals surface area (Å²) in [5.74, 6) is 0.393. The van der Waals surface area contributed by atoms with Gasteiger partial charge in [0.2, 0.25) is 0 Å². The molecule has 0 amide bonds. The molecule has 0 spiro atoms. The zero-order chi connectivity index (χ0) is 24.5. The first kappa shape index (κ1) is 31.5. The summed E-state index contributed by atoms with van der Waals surface area (Å²) >= 11 is 1.79. The molecule has 3 nitrogen and oxygen atoms in total. The molecule has 3 aromatic rings. The van der Waals surface area contributed by atoms with E-state index in [9.17, 15) is 13.9 Å². The number of hydrogen-bond acceptors (Lipinski definition) is 4. The van der Waals surface area contributed by atoms with Crippen LogP contribution in [0.5, 0.6) is 0 Å². The number of likely N-dealkylation sites (tertiary alicyclic amines) is 1. The average Bonchev–Trinajstić information content (AvgIpc) is 2.87. The van der Waals surface area contributed by atoms with Crippen LogP contribution >= 0.6 is 36.6 Å². The molecule has 1 aliphatic heterocycles. The monoisotopic (exact) mass is 568 g/mol. The molecule has 0 aromatic heterocycles. The molecule has 0 bridgehead atoms. The zero-order valence-corrected chi connectivity index (χ0v) is 23.2. The van der Waals surface area contributed by atoms with Crippen molar-refractivity contribution in [3.05, 3.63) is 107 Å². The Morgan fingerprint density at radius 1 is 0.838 bits per heavy atom. The third kappa shape index (κ3) is 10.2. The van der Waals surface area contributed by atoms with E-state index >= 15 is 0 Å². The topological polar surface area (TPSA) is 35.5 Å². The fraction of sp³-hybridized carbons (Fsp3) is 0.379. The van der Waals surface area contributed by atoms with Crippen LogP contribution in [0.3, 0.4) is 0 Å². The Hall–Kier alpha value is -1.67. The highest BCUT2D eigenvalue weighted by Crippen LogP contribution is 2.35. The van der Waals surface area contributed by atoms with Crippen LogP contribution < -0.4 is 5.32 Å². The van der Waals surface area contributed by atoms with Crippen molar-refractivity contribution in [3.8, 4) is 0 Å². The van der Waals surface area contributed by atoms with Crippen LogP contribution in [0.4, 0.5) is 8.78 Å². The number of piperidine rings is 1. The number of nitrogens with one attached hydrogen (secondary N) is 1. The van der Waals surface area contributed by atoms with E-state index in [1.807, 2.05) is 42.5 Å². The van der Waals surface area contributed by atoms with Gasteiger partial charge in [0.05, 0.1) is 11.4 Å². The number of aliphatic hydroxyl groups excluding tert-OH is 1. The average molecular weight is 570 g/mol. The molecule has 1 aliphatic rings. The van der Waals surface area contributed by atoms with Crippen molar-refractivity contribution in [1.82, 2.24) is 10.2 Å². The molecule has 202 valence electrons. The number of halogens is 4. The Morgan fingerprint density at radius 3 is 1.92 bits per heavy atom. The predicted octanol–water partition coefficient (Wildman–Crippen LogP) is 6.29. The van der Waals surface area contributed by atoms with Gasteiger partial charge in [-0.25, -0.2) is 8.78 Å². The first-order valence-electron chi connectivity index (χ1n) is 12.4. The van der Waals surface area contributed by atoms with Gasteiger partial charge in [0, 0.05) is 24.9 Å². The second-order valence-electron chi connectivity index (χ2n) is 9.23. The highest BCUT2D eigenvalue weighted by Gasteiger charge is 2.21. The van der Waals surface area contributed by atoms with E-state index in [4.69, 9.17) is 0 Å². The summed E-state index contributed by atoms with van der Waals surface area (Å²) in [7, 11) is 0. The van der Waals surface area contributed by atoms with Crippen LogP contribution in [0, 0.1) is 11.6 Å². The van der Waals surface area contributed by atoms with E-state index in [0.717, 1.165) is 49.4 Å². The van der Waals surface area contributed by atoms with Crippen LogP contribution in [0.2, 0.25) is 0 Å². The summed E-state index contributed by atoms with van der Waals surface area (Å²) in [6, 6.07) is 23.8. The summed E-state index contributed by atoms with van der Waals surface area (Å²) in [4.78, 5) is 2.36. The van der Waals surface area contributed by atoms with Gasteiger partial charge < -0.3 is 15.3 Å². The molecule has 3 aromatic carbocycles. The van der Waals surface area contributed by atoms with Gasteiger partial charge in [-0.3, -0.25) is 0 Å². The van der Waals surface area contributed by atoms with E-state index in [2.05, 4.69) is 22.3 Å². The molecular formula is C29H36Cl2F2N2OS. The minimum atomic E-state index is -0.340. The van der Waals surface area contributed by atoms with Gasteiger partial charge in [0.1, 0.15) is 11.6 Å². The van der Waals surface area contributed by atoms with Crippen molar-refractivity contribution in [2.24, 2.45) is 0 Å². The van der Waals surface area contributed by atoms with Crippen LogP contribution in [0.15, 0.2) is 78.9 Å². The van der Waals surface area contributed by atoms with E-state index < -0.39 is 0 Å². The highest BCUT2D eigenvalue weighted by molar-refractivity contribution is 7.99. The molecule has 1 fully saturated rings. The fourth-order valence-electron chi connectivity index (χ4n) is 4.67. The third-order valence-electron chi connectivity index (χ3n) is 6.54. The van der Waals surface area contributed by atoms with Crippen molar-refractivity contribution in [2.45, 2.75) is 36.7 Å². The summed E-state index contributed by atoms with van der Waals surface area (Å²) in [5.41, 5.74) is 3.21. The van der Waals surface area contributed by atoms with Crippen LogP contribution in [-0.2, 0) is 6.42 Å². The van der Waals surface area contributed by atoms with Gasteiger partial charge in [0.25, 0.3) is 0 Å². The second kappa shape index (κ2) is 16.3. The van der Waals surface area contributed by atoms with Crippen LogP contribution in [0.1, 0.15) is 34.8 Å². The smallest absolute Gasteiger partial charge is 0.123 e. The summed E-state index contributed by atoms with van der Waals surface area (Å²) in [6.07, 6.45) is 2.50. The first-order valence-corrected chi connectivity index (χ1v) is 13.4. The number of hydrogen-bond donors (Lipinski definition) is 2. The Kier molecular flexibility index (Phi) is 13.9. The maximum Gasteiger partial charge on any atom is 0.123 e. The lowest BCUT2D eigenvalue weighted by Crippen LogP contribution is -2.45. The van der Waals surface area contributed by atoms with E-state index in [1.54, 1.807) is 11.8 Å². The van der Waals surface area contributed by atoms with Crippen molar-refractivity contribution in [3.63, 3.8) is 0 Å². The minimum absolute atomic E-state index is 0. The Balaban J connectivity index is 0.00000241. The molecule has 4 rings (SSSR count). The fourth-order valence-corrected chi connectivity index (χ4v) is 5.84. The largest absolute Gasteiger partial charge is 0.391 e.